The molecule has 396 valence electrons. The van der Waals surface area contributed by atoms with E-state index in [0.717, 1.165) is 0 Å². The number of nitrogens with two attached hydrogens (primary N) is 3. The molecule has 31 heteroatoms. The average Bonchev–Trinajstić information content (AvgIpc) is 3.79. The third kappa shape index (κ3) is 26.3. The molecule has 0 aliphatic carbocycles. The van der Waals surface area contributed by atoms with E-state index in [9.17, 15) is 73.2 Å². The van der Waals surface area contributed by atoms with Crippen LogP contribution in [-0.2, 0) is 59.2 Å². The number of carboxylic acid groups (broad SMARTS) is 4. The van der Waals surface area contributed by atoms with E-state index in [1.165, 1.54) is 12.5 Å². The van der Waals surface area contributed by atoms with Crippen molar-refractivity contribution in [2.75, 3.05) is 19.6 Å². The minimum atomic E-state index is -1.90. The lowest BCUT2D eigenvalue weighted by molar-refractivity contribution is -0.143. The van der Waals surface area contributed by atoms with Crippen molar-refractivity contribution in [2.24, 2.45) is 23.1 Å². The van der Waals surface area contributed by atoms with Crippen LogP contribution in [0.1, 0.15) is 83.7 Å². The van der Waals surface area contributed by atoms with Gasteiger partial charge in [-0.3, -0.25) is 58.8 Å². The summed E-state index contributed by atoms with van der Waals surface area (Å²) in [5.41, 5.74) is 16.9. The van der Waals surface area contributed by atoms with Crippen LogP contribution in [-0.4, -0.2) is 169 Å². The Hall–Kier alpha value is -8.12. The van der Waals surface area contributed by atoms with Crippen molar-refractivity contribution in [3.63, 3.8) is 0 Å². The first kappa shape index (κ1) is 60.9. The monoisotopic (exact) mass is 1010 g/mol. The molecule has 0 aromatic carbocycles. The van der Waals surface area contributed by atoms with Crippen LogP contribution in [0.5, 0.6) is 0 Å². The van der Waals surface area contributed by atoms with E-state index in [0.29, 0.717) is 5.69 Å². The highest BCUT2D eigenvalue weighted by molar-refractivity contribution is 5.98. The third-order valence-corrected chi connectivity index (χ3v) is 9.89. The molecule has 22 N–H and O–H groups in total. The molecule has 71 heavy (non-hydrogen) atoms. The SMILES string of the molecule is CC(C)C[C@H](NC(=O)[C@H](CCCNC(=N)N)NC(=O)[C@H](CCC(=O)O)NC(=O)[C@H](CC(=O)O)NC(=O)CNC(=O)[C@@H](N)Cc1c[nH]cn1)C(=O)N[C@@H](CCC(=O)O)C(=O)N[C@@H](CCCNC(=N)N)C(=O)O. The molecule has 1 aromatic heterocycles. The van der Waals surface area contributed by atoms with Gasteiger partial charge in [-0.25, -0.2) is 9.78 Å². The van der Waals surface area contributed by atoms with Crippen LogP contribution < -0.4 is 65.1 Å². The topological polar surface area (TPSA) is 531 Å². The second-order valence-electron chi connectivity index (χ2n) is 16.4. The van der Waals surface area contributed by atoms with Gasteiger partial charge in [0.15, 0.2) is 11.9 Å². The van der Waals surface area contributed by atoms with Crippen LogP contribution in [0.4, 0.5) is 0 Å². The van der Waals surface area contributed by atoms with Crippen molar-refractivity contribution in [3.05, 3.63) is 18.2 Å². The summed E-state index contributed by atoms with van der Waals surface area (Å²) in [7, 11) is 0. The maximum atomic E-state index is 14.0. The van der Waals surface area contributed by atoms with E-state index in [2.05, 4.69) is 57.8 Å². The van der Waals surface area contributed by atoms with Gasteiger partial charge >= 0.3 is 23.9 Å². The van der Waals surface area contributed by atoms with Crippen molar-refractivity contribution in [1.82, 2.24) is 57.8 Å². The normalized spacial score (nSPS) is 13.7. The second kappa shape index (κ2) is 31.8. The first-order valence-corrected chi connectivity index (χ1v) is 22.2. The standard InChI is InChI=1S/C40H66N16O15/c1-19(2)13-26(36(68)53-24(8-10-30(60)61)35(67)55-25(38(70)71)6-4-12-48-40(44)45)56-33(65)22(5-3-11-47-39(42)43)52-34(66)23(7-9-29(58)59)54-37(69)27(15-31(62)63)51-28(57)17-49-32(64)21(41)14-20-16-46-18-50-20/h16,18-19,21-27H,3-15,17,41H2,1-2H3,(H,46,50)(H,49,64)(H,51,57)(H,52,66)(H,53,68)(H,54,69)(H,55,67)(H,56,65)(H,58,59)(H,60,61)(H,62,63)(H,70,71)(H4,42,43,47)(H4,44,45,48)/t21-,22-,23-,24-,25-,26-,27-/m0/s1. The number of imidazole rings is 1. The van der Waals surface area contributed by atoms with Gasteiger partial charge in [0.05, 0.1) is 31.0 Å². The molecule has 0 fully saturated rings. The number of amides is 7. The lowest BCUT2D eigenvalue weighted by atomic mass is 10.0. The maximum absolute atomic E-state index is 14.0. The Bertz CT molecular complexity index is 2040. The predicted molar refractivity (Wildman–Crippen MR) is 246 cm³/mol. The largest absolute Gasteiger partial charge is 0.481 e. The summed E-state index contributed by atoms with van der Waals surface area (Å²) in [5, 5.41) is 73.8. The van der Waals surface area contributed by atoms with E-state index < -0.39 is 152 Å². The Morgan fingerprint density at radius 3 is 1.45 bits per heavy atom. The summed E-state index contributed by atoms with van der Waals surface area (Å²) in [5.74, 6) is -14.5. The Balaban J connectivity index is 3.39. The number of rotatable bonds is 35. The summed E-state index contributed by atoms with van der Waals surface area (Å²) < 4.78 is 0. The molecular formula is C40H66N16O15. The third-order valence-electron chi connectivity index (χ3n) is 9.89. The number of aliphatic carboxylic acids is 4. The highest BCUT2D eigenvalue weighted by Gasteiger charge is 2.34. The first-order chi connectivity index (χ1) is 33.3. The molecule has 0 spiro atoms. The smallest absolute Gasteiger partial charge is 0.326 e. The van der Waals surface area contributed by atoms with Gasteiger partial charge in [-0.05, 0) is 50.9 Å². The van der Waals surface area contributed by atoms with E-state index in [-0.39, 0.29) is 63.5 Å². The Morgan fingerprint density at radius 2 is 1.03 bits per heavy atom. The zero-order valence-corrected chi connectivity index (χ0v) is 39.1. The predicted octanol–water partition coefficient (Wildman–Crippen LogP) is -5.83. The molecule has 0 saturated heterocycles. The summed E-state index contributed by atoms with van der Waals surface area (Å²) in [6, 6.07) is -11.1. The molecule has 31 nitrogen and oxygen atoms in total. The number of hydrogen-bond donors (Lipinski definition) is 19. The number of carboxylic acids is 4. The van der Waals surface area contributed by atoms with Crippen LogP contribution in [0.3, 0.4) is 0 Å². The quantitative estimate of drug-likeness (QED) is 0.0171. The van der Waals surface area contributed by atoms with Gasteiger partial charge in [-0.1, -0.05) is 13.8 Å². The van der Waals surface area contributed by atoms with Crippen LogP contribution in [0.2, 0.25) is 0 Å². The zero-order valence-electron chi connectivity index (χ0n) is 39.1. The highest BCUT2D eigenvalue weighted by Crippen LogP contribution is 2.11. The van der Waals surface area contributed by atoms with Crippen molar-refractivity contribution >= 4 is 77.1 Å². The van der Waals surface area contributed by atoms with Crippen LogP contribution >= 0.6 is 0 Å². The fourth-order valence-corrected chi connectivity index (χ4v) is 6.37. The molecule has 1 aromatic rings. The molecule has 1 heterocycles. The molecule has 0 aliphatic rings. The molecule has 0 bridgehead atoms. The molecule has 0 saturated carbocycles. The molecule has 0 radical (unpaired) electrons. The fourth-order valence-electron chi connectivity index (χ4n) is 6.37. The number of hydrogen-bond acceptors (Lipinski definition) is 15. The molecule has 7 atom stereocenters. The molecular weight excluding hydrogens is 945 g/mol. The number of guanidine groups is 2. The molecule has 0 aliphatic heterocycles. The van der Waals surface area contributed by atoms with E-state index in [1.54, 1.807) is 13.8 Å². The number of carbonyl (C=O) groups is 11. The highest BCUT2D eigenvalue weighted by atomic mass is 16.4. The van der Waals surface area contributed by atoms with E-state index in [1.807, 2.05) is 0 Å². The lowest BCUT2D eigenvalue weighted by Crippen LogP contribution is -2.60. The van der Waals surface area contributed by atoms with Gasteiger partial charge in [-0.15, -0.1) is 0 Å². The second-order valence-corrected chi connectivity index (χ2v) is 16.4. The summed E-state index contributed by atoms with van der Waals surface area (Å²) in [6.45, 7) is 2.62. The summed E-state index contributed by atoms with van der Waals surface area (Å²) in [6.07, 6.45) is -1.18. The van der Waals surface area contributed by atoms with Gasteiger partial charge in [0, 0.05) is 38.5 Å². The minimum absolute atomic E-state index is 0.00767. The van der Waals surface area contributed by atoms with Crippen LogP contribution in [0.15, 0.2) is 12.5 Å². The maximum Gasteiger partial charge on any atom is 0.326 e. The minimum Gasteiger partial charge on any atom is -0.481 e. The number of H-pyrrole nitrogens is 1. The van der Waals surface area contributed by atoms with Gasteiger partial charge < -0.3 is 90.5 Å². The summed E-state index contributed by atoms with van der Waals surface area (Å²) >= 11 is 0. The van der Waals surface area contributed by atoms with E-state index >= 15 is 0 Å². The zero-order chi connectivity index (χ0) is 53.8. The number of nitrogens with one attached hydrogen (secondary N) is 12. The Kier molecular flexibility index (Phi) is 27.3. The van der Waals surface area contributed by atoms with Gasteiger partial charge in [-0.2, -0.15) is 0 Å². The van der Waals surface area contributed by atoms with Crippen LogP contribution in [0, 0.1) is 16.7 Å². The van der Waals surface area contributed by atoms with Gasteiger partial charge in [0.1, 0.15) is 36.3 Å². The number of aromatic amines is 1. The van der Waals surface area contributed by atoms with Crippen molar-refractivity contribution < 1.29 is 73.2 Å². The van der Waals surface area contributed by atoms with Crippen molar-refractivity contribution in [3.8, 4) is 0 Å². The van der Waals surface area contributed by atoms with Gasteiger partial charge in [0.2, 0.25) is 41.4 Å². The number of aromatic nitrogens is 2. The van der Waals surface area contributed by atoms with Crippen molar-refractivity contribution in [1.29, 1.82) is 10.8 Å². The summed E-state index contributed by atoms with van der Waals surface area (Å²) in [4.78, 5) is 147. The lowest BCUT2D eigenvalue weighted by Gasteiger charge is -2.28. The van der Waals surface area contributed by atoms with E-state index in [4.69, 9.17) is 28.0 Å². The van der Waals surface area contributed by atoms with Gasteiger partial charge in [0.25, 0.3) is 0 Å². The molecule has 7 amide bonds. The first-order valence-electron chi connectivity index (χ1n) is 22.2. The molecule has 0 unspecified atom stereocenters. The molecule has 1 rings (SSSR count). The Labute approximate surface area is 406 Å². The average molecular weight is 1010 g/mol. The fraction of sp³-hybridized carbons (Fsp3) is 0.600. The van der Waals surface area contributed by atoms with Crippen LogP contribution in [0.25, 0.3) is 0 Å². The number of nitrogens with zero attached hydrogens (tertiary/aromatic N) is 1. The Morgan fingerprint density at radius 1 is 0.592 bits per heavy atom. The van der Waals surface area contributed by atoms with Crippen molar-refractivity contribution in [2.45, 2.75) is 127 Å². The number of carbonyl (C=O) groups excluding carboxylic acids is 7.